The van der Waals surface area contributed by atoms with Gasteiger partial charge < -0.3 is 0 Å². The third kappa shape index (κ3) is 2.36. The molecule has 5 heteroatoms. The van der Waals surface area contributed by atoms with Crippen LogP contribution >= 0.6 is 38.9 Å². The molecule has 1 atom stereocenters. The molecule has 102 valence electrons. The van der Waals surface area contributed by atoms with Crippen molar-refractivity contribution in [1.82, 2.24) is 0 Å². The number of hydrogen-bond donors (Lipinski definition) is 0. The summed E-state index contributed by atoms with van der Waals surface area (Å²) in [6, 6.07) is 10.0. The lowest BCUT2D eigenvalue weighted by Gasteiger charge is -2.11. The normalized spacial score (nSPS) is 12.8. The van der Waals surface area contributed by atoms with Gasteiger partial charge in [0.1, 0.15) is 11.6 Å². The molecule has 1 unspecified atom stereocenters. The maximum Gasteiger partial charge on any atom is 0.142 e. The topological polar surface area (TPSA) is 0 Å². The van der Waals surface area contributed by atoms with Gasteiger partial charge in [0.25, 0.3) is 0 Å². The summed E-state index contributed by atoms with van der Waals surface area (Å²) in [7, 11) is 0. The molecule has 0 spiro atoms. The molecule has 1 heterocycles. The number of rotatable bonds is 2. The van der Waals surface area contributed by atoms with Crippen LogP contribution < -0.4 is 0 Å². The maximum absolute atomic E-state index is 14.0. The van der Waals surface area contributed by atoms with Gasteiger partial charge in [-0.15, -0.1) is 11.3 Å². The second-order valence-electron chi connectivity index (χ2n) is 4.34. The molecule has 2 aromatic carbocycles. The number of alkyl halides is 1. The molecule has 0 saturated carbocycles. The summed E-state index contributed by atoms with van der Waals surface area (Å²) in [5.41, 5.74) is 1.17. The Morgan fingerprint density at radius 2 is 1.80 bits per heavy atom. The van der Waals surface area contributed by atoms with Gasteiger partial charge in [-0.2, -0.15) is 0 Å². The van der Waals surface area contributed by atoms with Gasteiger partial charge in [0.15, 0.2) is 0 Å². The van der Waals surface area contributed by atoms with E-state index in [1.165, 1.54) is 0 Å². The molecule has 0 aliphatic heterocycles. The van der Waals surface area contributed by atoms with Crippen molar-refractivity contribution in [2.75, 3.05) is 0 Å². The predicted octanol–water partition coefficient (Wildman–Crippen LogP) is 6.32. The van der Waals surface area contributed by atoms with Crippen LogP contribution in [0.1, 0.15) is 16.0 Å². The zero-order valence-corrected chi connectivity index (χ0v) is 13.2. The van der Waals surface area contributed by atoms with Crippen LogP contribution in [0.4, 0.5) is 8.78 Å². The summed E-state index contributed by atoms with van der Waals surface area (Å²) in [5.74, 6) is -1.14. The van der Waals surface area contributed by atoms with E-state index in [9.17, 15) is 8.78 Å². The summed E-state index contributed by atoms with van der Waals surface area (Å²) in [4.78, 5) is -0.412. The Labute approximate surface area is 132 Å². The van der Waals surface area contributed by atoms with Crippen molar-refractivity contribution in [1.29, 1.82) is 0 Å². The Hall–Kier alpha value is -0.970. The van der Waals surface area contributed by atoms with Crippen LogP contribution in [-0.2, 0) is 0 Å². The van der Waals surface area contributed by atoms with Crippen molar-refractivity contribution in [3.8, 4) is 0 Å². The van der Waals surface area contributed by atoms with Crippen LogP contribution in [0.15, 0.2) is 41.8 Å². The minimum atomic E-state index is -0.618. The van der Waals surface area contributed by atoms with Crippen LogP contribution in [0.3, 0.4) is 0 Å². The van der Waals surface area contributed by atoms with Crippen LogP contribution in [-0.4, -0.2) is 0 Å². The fourth-order valence-corrected chi connectivity index (χ4v) is 4.14. The Kier molecular flexibility index (Phi) is 3.80. The van der Waals surface area contributed by atoms with Gasteiger partial charge in [0.2, 0.25) is 0 Å². The molecule has 20 heavy (non-hydrogen) atoms. The molecule has 0 saturated heterocycles. The van der Waals surface area contributed by atoms with Crippen molar-refractivity contribution < 1.29 is 8.78 Å². The van der Waals surface area contributed by atoms with Crippen molar-refractivity contribution >= 4 is 49.0 Å². The first-order chi connectivity index (χ1) is 9.58. The zero-order chi connectivity index (χ0) is 14.3. The highest BCUT2D eigenvalue weighted by atomic mass is 79.9. The highest BCUT2D eigenvalue weighted by Crippen LogP contribution is 2.40. The van der Waals surface area contributed by atoms with E-state index in [1.54, 1.807) is 11.3 Å². The molecule has 3 aromatic rings. The summed E-state index contributed by atoms with van der Waals surface area (Å²) in [5, 5.41) is 2.78. The van der Waals surface area contributed by atoms with Gasteiger partial charge in [-0.05, 0) is 34.5 Å². The summed E-state index contributed by atoms with van der Waals surface area (Å²) in [6.07, 6.45) is 0. The SMILES string of the molecule is Fc1cc(C(Br)c2csc3ccccc23)c(F)cc1Cl. The number of halogens is 4. The van der Waals surface area contributed by atoms with Gasteiger partial charge in [-0.3, -0.25) is 0 Å². The molecule has 0 aliphatic carbocycles. The van der Waals surface area contributed by atoms with E-state index in [1.807, 2.05) is 29.6 Å². The Morgan fingerprint density at radius 3 is 2.60 bits per heavy atom. The van der Waals surface area contributed by atoms with Crippen molar-refractivity contribution in [2.24, 2.45) is 0 Å². The molecule has 0 fully saturated rings. The van der Waals surface area contributed by atoms with Gasteiger partial charge in [0, 0.05) is 10.3 Å². The van der Waals surface area contributed by atoms with E-state index in [0.717, 1.165) is 27.8 Å². The minimum Gasteiger partial charge on any atom is -0.207 e. The highest BCUT2D eigenvalue weighted by Gasteiger charge is 2.20. The highest BCUT2D eigenvalue weighted by molar-refractivity contribution is 9.09. The van der Waals surface area contributed by atoms with Gasteiger partial charge >= 0.3 is 0 Å². The van der Waals surface area contributed by atoms with E-state index < -0.39 is 16.5 Å². The Bertz CT molecular complexity index is 785. The zero-order valence-electron chi connectivity index (χ0n) is 10.0. The molecule has 3 rings (SSSR count). The average molecular weight is 374 g/mol. The van der Waals surface area contributed by atoms with E-state index in [2.05, 4.69) is 15.9 Å². The van der Waals surface area contributed by atoms with Crippen molar-refractivity contribution in [3.05, 3.63) is 69.6 Å². The minimum absolute atomic E-state index is 0.207. The summed E-state index contributed by atoms with van der Waals surface area (Å²) >= 11 is 10.6. The predicted molar refractivity (Wildman–Crippen MR) is 84.0 cm³/mol. The molecular formula is C15H8BrClF2S. The van der Waals surface area contributed by atoms with Crippen molar-refractivity contribution in [2.45, 2.75) is 4.83 Å². The third-order valence-electron chi connectivity index (χ3n) is 3.10. The molecular weight excluding hydrogens is 366 g/mol. The smallest absolute Gasteiger partial charge is 0.142 e. The lowest BCUT2D eigenvalue weighted by atomic mass is 10.0. The second-order valence-corrected chi connectivity index (χ2v) is 6.57. The summed E-state index contributed by atoms with van der Waals surface area (Å²) < 4.78 is 28.7. The van der Waals surface area contributed by atoms with Gasteiger partial charge in [0.05, 0.1) is 9.85 Å². The molecule has 0 radical (unpaired) electrons. The number of benzene rings is 2. The van der Waals surface area contributed by atoms with Crippen LogP contribution in [0, 0.1) is 11.6 Å². The molecule has 1 aromatic heterocycles. The van der Waals surface area contributed by atoms with E-state index >= 15 is 0 Å². The quantitative estimate of drug-likeness (QED) is 0.364. The molecule has 0 amide bonds. The van der Waals surface area contributed by atoms with Gasteiger partial charge in [-0.25, -0.2) is 8.78 Å². The van der Waals surface area contributed by atoms with E-state index in [0.29, 0.717) is 0 Å². The standard InChI is InChI=1S/C15H8BrClF2S/c16-15(9-5-13(19)11(17)6-12(9)18)10-7-20-14-4-2-1-3-8(10)14/h1-7,15H. The Morgan fingerprint density at radius 1 is 1.05 bits per heavy atom. The first kappa shape index (κ1) is 14.0. The Balaban J connectivity index is 2.13. The lowest BCUT2D eigenvalue weighted by Crippen LogP contribution is -1.97. The fourth-order valence-electron chi connectivity index (χ4n) is 2.09. The molecule has 0 aliphatic rings. The third-order valence-corrected chi connectivity index (χ3v) is 5.35. The number of hydrogen-bond acceptors (Lipinski definition) is 1. The maximum atomic E-state index is 14.0. The fraction of sp³-hybridized carbons (Fsp3) is 0.0667. The summed E-state index contributed by atoms with van der Waals surface area (Å²) in [6.45, 7) is 0. The number of thiophene rings is 1. The van der Waals surface area contributed by atoms with Crippen molar-refractivity contribution in [3.63, 3.8) is 0 Å². The average Bonchev–Trinajstić information content (AvgIpc) is 2.86. The first-order valence-electron chi connectivity index (χ1n) is 5.82. The first-order valence-corrected chi connectivity index (χ1v) is 8.00. The van der Waals surface area contributed by atoms with Crippen LogP contribution in [0.25, 0.3) is 10.1 Å². The largest absolute Gasteiger partial charge is 0.207 e. The molecule has 0 N–H and O–H groups in total. The van der Waals surface area contributed by atoms with Gasteiger partial charge in [-0.1, -0.05) is 45.7 Å². The lowest BCUT2D eigenvalue weighted by molar-refractivity contribution is 0.589. The van der Waals surface area contributed by atoms with E-state index in [-0.39, 0.29) is 10.6 Å². The molecule has 0 bridgehead atoms. The molecule has 0 nitrogen and oxygen atoms in total. The monoisotopic (exact) mass is 372 g/mol. The second kappa shape index (κ2) is 5.43. The van der Waals surface area contributed by atoms with Crippen LogP contribution in [0.2, 0.25) is 5.02 Å². The van der Waals surface area contributed by atoms with Crippen LogP contribution in [0.5, 0.6) is 0 Å². The number of fused-ring (bicyclic) bond motifs is 1. The van der Waals surface area contributed by atoms with E-state index in [4.69, 9.17) is 11.6 Å².